The summed E-state index contributed by atoms with van der Waals surface area (Å²) in [6.07, 6.45) is 11.5. The van der Waals surface area contributed by atoms with Gasteiger partial charge >= 0.3 is 0 Å². The van der Waals surface area contributed by atoms with Gasteiger partial charge in [0.05, 0.1) is 18.1 Å². The van der Waals surface area contributed by atoms with Crippen molar-refractivity contribution in [2.75, 3.05) is 17.7 Å². The van der Waals surface area contributed by atoms with Gasteiger partial charge in [-0.3, -0.25) is 4.98 Å². The molecule has 0 atom stereocenters. The minimum Gasteiger partial charge on any atom is -0.382 e. The fourth-order valence-corrected chi connectivity index (χ4v) is 3.27. The predicted molar refractivity (Wildman–Crippen MR) is 95.5 cm³/mol. The Balaban J connectivity index is 1.94. The highest BCUT2D eigenvalue weighted by molar-refractivity contribution is 7.98. The van der Waals surface area contributed by atoms with Crippen LogP contribution < -0.4 is 5.73 Å². The molecule has 0 saturated carbocycles. The molecule has 0 fully saturated rings. The van der Waals surface area contributed by atoms with E-state index in [-0.39, 0.29) is 5.82 Å². The zero-order valence-corrected chi connectivity index (χ0v) is 13.7. The summed E-state index contributed by atoms with van der Waals surface area (Å²) in [5.74, 6) is 0.972. The summed E-state index contributed by atoms with van der Waals surface area (Å²) in [5.41, 5.74) is 9.78. The fraction of sp³-hybridized carbons (Fsp3) is 0.222. The van der Waals surface area contributed by atoms with Crippen LogP contribution in [0.15, 0.2) is 48.3 Å². The van der Waals surface area contributed by atoms with E-state index in [2.05, 4.69) is 28.4 Å². The lowest BCUT2D eigenvalue weighted by atomic mass is 9.92. The Bertz CT molecular complexity index is 766. The molecule has 0 unspecified atom stereocenters. The van der Waals surface area contributed by atoms with Gasteiger partial charge in [0.2, 0.25) is 0 Å². The lowest BCUT2D eigenvalue weighted by Crippen LogP contribution is -1.99. The average molecular weight is 327 g/mol. The van der Waals surface area contributed by atoms with Gasteiger partial charge in [0, 0.05) is 11.3 Å². The van der Waals surface area contributed by atoms with Crippen molar-refractivity contribution in [1.82, 2.24) is 9.97 Å². The molecular formula is C18H18FN3S. The number of nitrogens with two attached hydrogens (primary N) is 1. The van der Waals surface area contributed by atoms with E-state index in [1.165, 1.54) is 18.0 Å². The Morgan fingerprint density at radius 3 is 2.70 bits per heavy atom. The number of halogens is 1. The molecule has 1 aliphatic carbocycles. The molecule has 2 N–H and O–H groups in total. The number of nitrogen functional groups attached to an aromatic ring is 1. The molecular weight excluding hydrogens is 309 g/mol. The number of rotatable bonds is 4. The quantitative estimate of drug-likeness (QED) is 0.908. The third-order valence-electron chi connectivity index (χ3n) is 3.78. The monoisotopic (exact) mass is 327 g/mol. The number of hydrogen-bond acceptors (Lipinski definition) is 4. The Labute approximate surface area is 139 Å². The summed E-state index contributed by atoms with van der Waals surface area (Å²) in [6, 6.07) is 5.29. The molecule has 118 valence electrons. The van der Waals surface area contributed by atoms with Crippen molar-refractivity contribution in [2.45, 2.75) is 12.8 Å². The minimum atomic E-state index is -0.295. The maximum Gasteiger partial charge on any atom is 0.141 e. The molecule has 0 radical (unpaired) electrons. The number of anilines is 1. The Morgan fingerprint density at radius 1 is 1.17 bits per heavy atom. The highest BCUT2D eigenvalue weighted by Gasteiger charge is 2.14. The molecule has 0 bridgehead atoms. The molecule has 1 heterocycles. The second-order valence-electron chi connectivity index (χ2n) is 5.38. The van der Waals surface area contributed by atoms with Gasteiger partial charge in [-0.25, -0.2) is 9.37 Å². The lowest BCUT2D eigenvalue weighted by Gasteiger charge is -2.16. The first kappa shape index (κ1) is 15.7. The molecule has 1 aromatic heterocycles. The first-order chi connectivity index (χ1) is 11.2. The van der Waals surface area contributed by atoms with E-state index in [1.807, 2.05) is 6.07 Å². The van der Waals surface area contributed by atoms with Crippen molar-refractivity contribution in [2.24, 2.45) is 0 Å². The first-order valence-electron chi connectivity index (χ1n) is 7.45. The highest BCUT2D eigenvalue weighted by Crippen LogP contribution is 2.32. The van der Waals surface area contributed by atoms with Gasteiger partial charge in [0.1, 0.15) is 11.6 Å². The zero-order valence-electron chi connectivity index (χ0n) is 12.9. The molecule has 23 heavy (non-hydrogen) atoms. The van der Waals surface area contributed by atoms with Crippen LogP contribution in [0.4, 0.5) is 10.2 Å². The van der Waals surface area contributed by atoms with Crippen LogP contribution in [0, 0.1) is 5.82 Å². The van der Waals surface area contributed by atoms with Crippen LogP contribution in [0.1, 0.15) is 18.4 Å². The number of benzene rings is 1. The van der Waals surface area contributed by atoms with Crippen LogP contribution in [0.2, 0.25) is 0 Å². The molecule has 1 aromatic carbocycles. The summed E-state index contributed by atoms with van der Waals surface area (Å²) in [7, 11) is 0. The van der Waals surface area contributed by atoms with Crippen LogP contribution in [-0.4, -0.2) is 22.0 Å². The van der Waals surface area contributed by atoms with E-state index >= 15 is 0 Å². The van der Waals surface area contributed by atoms with Gasteiger partial charge in [0.15, 0.2) is 0 Å². The van der Waals surface area contributed by atoms with E-state index in [9.17, 15) is 4.39 Å². The van der Waals surface area contributed by atoms with Crippen molar-refractivity contribution in [3.05, 3.63) is 59.7 Å². The number of hydrogen-bond donors (Lipinski definition) is 1. The summed E-state index contributed by atoms with van der Waals surface area (Å²) >= 11 is 1.78. The second-order valence-corrected chi connectivity index (χ2v) is 6.24. The van der Waals surface area contributed by atoms with Crippen molar-refractivity contribution in [1.29, 1.82) is 0 Å². The van der Waals surface area contributed by atoms with Gasteiger partial charge in [0.25, 0.3) is 0 Å². The minimum absolute atomic E-state index is 0.295. The zero-order chi connectivity index (χ0) is 16.2. The van der Waals surface area contributed by atoms with E-state index in [1.54, 1.807) is 23.9 Å². The molecule has 3 rings (SSSR count). The van der Waals surface area contributed by atoms with Crippen LogP contribution in [0.25, 0.3) is 16.8 Å². The Morgan fingerprint density at radius 2 is 2.00 bits per heavy atom. The van der Waals surface area contributed by atoms with E-state index in [0.717, 1.165) is 29.7 Å². The van der Waals surface area contributed by atoms with Crippen molar-refractivity contribution in [3.63, 3.8) is 0 Å². The molecule has 1 aliphatic rings. The van der Waals surface area contributed by atoms with Gasteiger partial charge in [-0.05, 0) is 47.9 Å². The van der Waals surface area contributed by atoms with E-state index < -0.39 is 0 Å². The standard InChI is InChI=1S/C18H18FN3S/c1-23-11-13-4-2-3-5-14(13)12-6-7-15(16(19)8-12)17-9-22-18(20)10-21-17/h4-10H,2-3,11H2,1H3,(H2,20,22). The smallest absolute Gasteiger partial charge is 0.141 e. The molecule has 0 amide bonds. The maximum atomic E-state index is 14.6. The molecule has 0 aliphatic heterocycles. The fourth-order valence-electron chi connectivity index (χ4n) is 2.69. The van der Waals surface area contributed by atoms with Gasteiger partial charge in [-0.15, -0.1) is 0 Å². The predicted octanol–water partition coefficient (Wildman–Crippen LogP) is 4.33. The number of allylic oxidation sites excluding steroid dienone is 3. The summed E-state index contributed by atoms with van der Waals surface area (Å²) in [5, 5.41) is 0. The van der Waals surface area contributed by atoms with Crippen LogP contribution in [0.3, 0.4) is 0 Å². The number of thioether (sulfide) groups is 1. The molecule has 3 nitrogen and oxygen atoms in total. The SMILES string of the molecule is CSCC1=CCCC=C1c1ccc(-c2cnc(N)cn2)c(F)c1. The van der Waals surface area contributed by atoms with Crippen LogP contribution in [0.5, 0.6) is 0 Å². The summed E-state index contributed by atoms with van der Waals surface area (Å²) in [4.78, 5) is 8.11. The summed E-state index contributed by atoms with van der Waals surface area (Å²) in [6.45, 7) is 0. The third-order valence-corrected chi connectivity index (χ3v) is 4.38. The average Bonchev–Trinajstić information content (AvgIpc) is 2.57. The summed E-state index contributed by atoms with van der Waals surface area (Å²) < 4.78 is 14.6. The van der Waals surface area contributed by atoms with Crippen molar-refractivity contribution in [3.8, 4) is 11.3 Å². The molecule has 0 spiro atoms. The number of aromatic nitrogens is 2. The van der Waals surface area contributed by atoms with Gasteiger partial charge in [-0.1, -0.05) is 18.2 Å². The van der Waals surface area contributed by atoms with Crippen molar-refractivity contribution >= 4 is 23.2 Å². The third kappa shape index (κ3) is 3.45. The van der Waals surface area contributed by atoms with E-state index in [0.29, 0.717) is 17.1 Å². The second kappa shape index (κ2) is 6.96. The maximum absolute atomic E-state index is 14.6. The lowest BCUT2D eigenvalue weighted by molar-refractivity contribution is 0.630. The van der Waals surface area contributed by atoms with Crippen molar-refractivity contribution < 1.29 is 4.39 Å². The Kier molecular flexibility index (Phi) is 4.76. The van der Waals surface area contributed by atoms with Gasteiger partial charge in [-0.2, -0.15) is 11.8 Å². The molecule has 2 aromatic rings. The Hall–Kier alpha value is -2.14. The topological polar surface area (TPSA) is 51.8 Å². The van der Waals surface area contributed by atoms with Crippen LogP contribution >= 0.6 is 11.8 Å². The molecule has 5 heteroatoms. The van der Waals surface area contributed by atoms with Gasteiger partial charge < -0.3 is 5.73 Å². The first-order valence-corrected chi connectivity index (χ1v) is 8.84. The number of nitrogens with zero attached hydrogens (tertiary/aromatic N) is 2. The molecule has 0 saturated heterocycles. The van der Waals surface area contributed by atoms with E-state index in [4.69, 9.17) is 5.73 Å². The largest absolute Gasteiger partial charge is 0.382 e. The highest BCUT2D eigenvalue weighted by atomic mass is 32.2. The van der Waals surface area contributed by atoms with Crippen LogP contribution in [-0.2, 0) is 0 Å². The normalized spacial score (nSPS) is 14.3.